The summed E-state index contributed by atoms with van der Waals surface area (Å²) >= 11 is 0. The third kappa shape index (κ3) is 3.97. The number of aromatic hydroxyl groups is 1. The van der Waals surface area contributed by atoms with Crippen LogP contribution in [-0.2, 0) is 4.79 Å². The summed E-state index contributed by atoms with van der Waals surface area (Å²) in [6.07, 6.45) is -0.139. The molecule has 1 aromatic rings. The summed E-state index contributed by atoms with van der Waals surface area (Å²) in [6, 6.07) is 5.35. The predicted molar refractivity (Wildman–Crippen MR) is 66.8 cm³/mol. The van der Waals surface area contributed by atoms with Gasteiger partial charge in [-0.15, -0.1) is 0 Å². The minimum Gasteiger partial charge on any atom is -0.508 e. The second-order valence-electron chi connectivity index (χ2n) is 4.03. The minimum atomic E-state index is -0.970. The SMILES string of the molecule is CC(CC(=O)O)NC(=O)N(C)c1cccc(O)c1. The molecule has 0 bridgehead atoms. The molecule has 0 heterocycles. The number of carbonyl (C=O) groups excluding carboxylic acids is 1. The molecule has 1 atom stereocenters. The smallest absolute Gasteiger partial charge is 0.321 e. The van der Waals surface area contributed by atoms with Gasteiger partial charge in [0.2, 0.25) is 0 Å². The van der Waals surface area contributed by atoms with Crippen LogP contribution in [-0.4, -0.2) is 35.3 Å². The van der Waals surface area contributed by atoms with E-state index in [0.29, 0.717) is 5.69 Å². The Bertz CT molecular complexity index is 447. The molecular weight excluding hydrogens is 236 g/mol. The first-order valence-electron chi connectivity index (χ1n) is 5.45. The maximum atomic E-state index is 11.8. The summed E-state index contributed by atoms with van der Waals surface area (Å²) in [6.45, 7) is 1.61. The van der Waals surface area contributed by atoms with Crippen molar-refractivity contribution in [3.05, 3.63) is 24.3 Å². The van der Waals surface area contributed by atoms with E-state index in [0.717, 1.165) is 0 Å². The van der Waals surface area contributed by atoms with E-state index in [2.05, 4.69) is 5.32 Å². The van der Waals surface area contributed by atoms with Crippen LogP contribution in [0.2, 0.25) is 0 Å². The van der Waals surface area contributed by atoms with Gasteiger partial charge in [0.15, 0.2) is 0 Å². The summed E-state index contributed by atoms with van der Waals surface area (Å²) in [7, 11) is 1.54. The van der Waals surface area contributed by atoms with Crippen LogP contribution in [0.15, 0.2) is 24.3 Å². The number of amides is 2. The first-order valence-corrected chi connectivity index (χ1v) is 5.45. The number of anilines is 1. The lowest BCUT2D eigenvalue weighted by molar-refractivity contribution is -0.137. The molecule has 0 radical (unpaired) electrons. The second kappa shape index (κ2) is 5.90. The van der Waals surface area contributed by atoms with Gasteiger partial charge in [0, 0.05) is 24.8 Å². The number of hydrogen-bond donors (Lipinski definition) is 3. The molecule has 0 saturated carbocycles. The predicted octanol–water partition coefficient (Wildman–Crippen LogP) is 1.40. The minimum absolute atomic E-state index is 0.0609. The van der Waals surface area contributed by atoms with E-state index < -0.39 is 18.0 Å². The normalized spacial score (nSPS) is 11.7. The molecule has 98 valence electrons. The van der Waals surface area contributed by atoms with Gasteiger partial charge in [-0.3, -0.25) is 9.69 Å². The van der Waals surface area contributed by atoms with E-state index in [-0.39, 0.29) is 12.2 Å². The maximum absolute atomic E-state index is 11.8. The third-order valence-electron chi connectivity index (χ3n) is 2.37. The van der Waals surface area contributed by atoms with E-state index in [4.69, 9.17) is 5.11 Å². The number of carboxylic acid groups (broad SMARTS) is 1. The zero-order valence-electron chi connectivity index (χ0n) is 10.3. The number of nitrogens with zero attached hydrogens (tertiary/aromatic N) is 1. The van der Waals surface area contributed by atoms with Crippen LogP contribution in [0.25, 0.3) is 0 Å². The van der Waals surface area contributed by atoms with Crippen molar-refractivity contribution in [2.24, 2.45) is 0 Å². The molecule has 0 spiro atoms. The maximum Gasteiger partial charge on any atom is 0.321 e. The summed E-state index contributed by atoms with van der Waals surface area (Å²) in [5.41, 5.74) is 0.523. The molecular formula is C12H16N2O4. The van der Waals surface area contributed by atoms with E-state index in [9.17, 15) is 14.7 Å². The zero-order chi connectivity index (χ0) is 13.7. The first-order chi connectivity index (χ1) is 8.40. The summed E-state index contributed by atoms with van der Waals surface area (Å²) < 4.78 is 0. The molecule has 1 unspecified atom stereocenters. The van der Waals surface area contributed by atoms with Crippen LogP contribution in [0, 0.1) is 0 Å². The van der Waals surface area contributed by atoms with Crippen LogP contribution in [0.4, 0.5) is 10.5 Å². The van der Waals surface area contributed by atoms with Crippen LogP contribution in [0.1, 0.15) is 13.3 Å². The standard InChI is InChI=1S/C12H16N2O4/c1-8(6-11(16)17)13-12(18)14(2)9-4-3-5-10(15)7-9/h3-5,7-8,15H,6H2,1-2H3,(H,13,18)(H,16,17). The van der Waals surface area contributed by atoms with Gasteiger partial charge >= 0.3 is 12.0 Å². The Morgan fingerprint density at radius 3 is 2.67 bits per heavy atom. The highest BCUT2D eigenvalue weighted by Crippen LogP contribution is 2.18. The van der Waals surface area contributed by atoms with Crippen LogP contribution >= 0.6 is 0 Å². The number of rotatable bonds is 4. The Kier molecular flexibility index (Phi) is 4.53. The quantitative estimate of drug-likeness (QED) is 0.755. The summed E-state index contributed by atoms with van der Waals surface area (Å²) in [5, 5.41) is 20.5. The highest BCUT2D eigenvalue weighted by atomic mass is 16.4. The van der Waals surface area contributed by atoms with Gasteiger partial charge in [-0.25, -0.2) is 4.79 Å². The number of benzene rings is 1. The molecule has 6 heteroatoms. The monoisotopic (exact) mass is 252 g/mol. The summed E-state index contributed by atoms with van der Waals surface area (Å²) in [4.78, 5) is 23.6. The van der Waals surface area contributed by atoms with Gasteiger partial charge in [-0.05, 0) is 19.1 Å². The van der Waals surface area contributed by atoms with Crippen molar-refractivity contribution in [3.8, 4) is 5.75 Å². The van der Waals surface area contributed by atoms with E-state index >= 15 is 0 Å². The number of phenolic OH excluding ortho intramolecular Hbond substituents is 1. The number of phenols is 1. The van der Waals surface area contributed by atoms with Crippen LogP contribution in [0.5, 0.6) is 5.75 Å². The van der Waals surface area contributed by atoms with Crippen molar-refractivity contribution >= 4 is 17.7 Å². The highest BCUT2D eigenvalue weighted by Gasteiger charge is 2.15. The van der Waals surface area contributed by atoms with Gasteiger partial charge in [0.25, 0.3) is 0 Å². The van der Waals surface area contributed by atoms with E-state index in [1.807, 2.05) is 0 Å². The topological polar surface area (TPSA) is 89.9 Å². The average Bonchev–Trinajstić information content (AvgIpc) is 2.26. The number of aliphatic carboxylic acids is 1. The molecule has 1 rings (SSSR count). The molecule has 0 aliphatic heterocycles. The number of carboxylic acids is 1. The van der Waals surface area contributed by atoms with Crippen molar-refractivity contribution in [1.82, 2.24) is 5.32 Å². The van der Waals surface area contributed by atoms with Gasteiger partial charge in [0.05, 0.1) is 6.42 Å². The number of nitrogens with one attached hydrogen (secondary N) is 1. The zero-order valence-corrected chi connectivity index (χ0v) is 10.3. The number of urea groups is 1. The molecule has 2 amide bonds. The Morgan fingerprint density at radius 1 is 1.44 bits per heavy atom. The van der Waals surface area contributed by atoms with Crippen molar-refractivity contribution in [3.63, 3.8) is 0 Å². The summed E-state index contributed by atoms with van der Waals surface area (Å²) in [5.74, 6) is -0.909. The van der Waals surface area contributed by atoms with Gasteiger partial charge in [0.1, 0.15) is 5.75 Å². The van der Waals surface area contributed by atoms with Gasteiger partial charge < -0.3 is 15.5 Å². The molecule has 0 saturated heterocycles. The molecule has 18 heavy (non-hydrogen) atoms. The van der Waals surface area contributed by atoms with Crippen LogP contribution in [0.3, 0.4) is 0 Å². The third-order valence-corrected chi connectivity index (χ3v) is 2.37. The number of carbonyl (C=O) groups is 2. The van der Waals surface area contributed by atoms with Crippen molar-refractivity contribution in [1.29, 1.82) is 0 Å². The van der Waals surface area contributed by atoms with Gasteiger partial charge in [-0.2, -0.15) is 0 Å². The highest BCUT2D eigenvalue weighted by molar-refractivity contribution is 5.92. The van der Waals surface area contributed by atoms with Crippen molar-refractivity contribution < 1.29 is 19.8 Å². The largest absolute Gasteiger partial charge is 0.508 e. The van der Waals surface area contributed by atoms with Crippen molar-refractivity contribution in [2.45, 2.75) is 19.4 Å². The Balaban J connectivity index is 2.64. The lowest BCUT2D eigenvalue weighted by atomic mass is 10.2. The van der Waals surface area contributed by atoms with Crippen LogP contribution < -0.4 is 10.2 Å². The molecule has 0 aliphatic rings. The number of hydrogen-bond acceptors (Lipinski definition) is 3. The van der Waals surface area contributed by atoms with E-state index in [1.54, 1.807) is 19.1 Å². The average molecular weight is 252 g/mol. The fourth-order valence-electron chi connectivity index (χ4n) is 1.44. The molecule has 1 aromatic carbocycles. The Labute approximate surface area is 105 Å². The fourth-order valence-corrected chi connectivity index (χ4v) is 1.44. The lowest BCUT2D eigenvalue weighted by Gasteiger charge is -2.20. The Morgan fingerprint density at radius 2 is 2.11 bits per heavy atom. The molecule has 0 fully saturated rings. The Hall–Kier alpha value is -2.24. The van der Waals surface area contributed by atoms with E-state index in [1.165, 1.54) is 24.1 Å². The molecule has 3 N–H and O–H groups in total. The fraction of sp³-hybridized carbons (Fsp3) is 0.333. The molecule has 0 aliphatic carbocycles. The lowest BCUT2D eigenvalue weighted by Crippen LogP contribution is -2.42. The van der Waals surface area contributed by atoms with Gasteiger partial charge in [-0.1, -0.05) is 6.07 Å². The molecule has 6 nitrogen and oxygen atoms in total. The molecule has 0 aromatic heterocycles. The van der Waals surface area contributed by atoms with Crippen molar-refractivity contribution in [2.75, 3.05) is 11.9 Å². The second-order valence-corrected chi connectivity index (χ2v) is 4.03. The first kappa shape index (κ1) is 13.8.